The van der Waals surface area contributed by atoms with Crippen molar-refractivity contribution in [2.45, 2.75) is 50.5 Å². The molecule has 1 saturated heterocycles. The number of aliphatic hydroxyl groups is 1. The van der Waals surface area contributed by atoms with Gasteiger partial charge in [0.25, 0.3) is 0 Å². The topological polar surface area (TPSA) is 32.3 Å². The molecule has 0 aromatic heterocycles. The van der Waals surface area contributed by atoms with E-state index in [0.717, 1.165) is 50.3 Å². The number of hydrogen-bond donors (Lipinski definition) is 2. The van der Waals surface area contributed by atoms with Crippen molar-refractivity contribution in [3.05, 3.63) is 35.6 Å². The summed E-state index contributed by atoms with van der Waals surface area (Å²) < 4.78 is 13.6. The highest BCUT2D eigenvalue weighted by Gasteiger charge is 2.39. The Kier molecular flexibility index (Phi) is 4.60. The third kappa shape index (κ3) is 3.64. The third-order valence-electron chi connectivity index (χ3n) is 5.16. The number of halogens is 1. The van der Waals surface area contributed by atoms with Crippen LogP contribution in [0, 0.1) is 17.7 Å². The van der Waals surface area contributed by atoms with Crippen molar-refractivity contribution in [2.75, 3.05) is 13.1 Å². The van der Waals surface area contributed by atoms with E-state index in [1.54, 1.807) is 6.07 Å². The van der Waals surface area contributed by atoms with Crippen LogP contribution in [0.15, 0.2) is 24.3 Å². The summed E-state index contributed by atoms with van der Waals surface area (Å²) in [4.78, 5) is 0. The average molecular weight is 291 g/mol. The molecule has 2 aliphatic rings. The Hall–Kier alpha value is -0.930. The summed E-state index contributed by atoms with van der Waals surface area (Å²) in [5, 5.41) is 14.7. The van der Waals surface area contributed by atoms with E-state index < -0.39 is 5.60 Å². The molecule has 1 aromatic carbocycles. The van der Waals surface area contributed by atoms with Crippen LogP contribution in [0.4, 0.5) is 4.39 Å². The van der Waals surface area contributed by atoms with Crippen molar-refractivity contribution >= 4 is 0 Å². The first kappa shape index (κ1) is 15.0. The first-order valence-corrected chi connectivity index (χ1v) is 8.37. The molecule has 2 fully saturated rings. The first-order chi connectivity index (χ1) is 10.2. The molecule has 1 aliphatic carbocycles. The molecule has 1 aliphatic heterocycles. The molecule has 1 saturated carbocycles. The molecule has 3 heteroatoms. The van der Waals surface area contributed by atoms with Crippen molar-refractivity contribution in [1.82, 2.24) is 5.32 Å². The molecule has 116 valence electrons. The van der Waals surface area contributed by atoms with E-state index >= 15 is 0 Å². The van der Waals surface area contributed by atoms with Gasteiger partial charge in [0, 0.05) is 12.5 Å². The normalized spacial score (nSPS) is 25.5. The van der Waals surface area contributed by atoms with E-state index in [2.05, 4.69) is 5.32 Å². The minimum Gasteiger partial charge on any atom is -0.385 e. The number of nitrogens with one attached hydrogen (secondary N) is 1. The lowest BCUT2D eigenvalue weighted by Gasteiger charge is -2.39. The van der Waals surface area contributed by atoms with Gasteiger partial charge >= 0.3 is 0 Å². The molecule has 1 aromatic rings. The van der Waals surface area contributed by atoms with Crippen molar-refractivity contribution in [1.29, 1.82) is 0 Å². The summed E-state index contributed by atoms with van der Waals surface area (Å²) in [7, 11) is 0. The van der Waals surface area contributed by atoms with Crippen molar-refractivity contribution < 1.29 is 9.50 Å². The van der Waals surface area contributed by atoms with Gasteiger partial charge in [-0.3, -0.25) is 0 Å². The number of piperidine rings is 1. The highest BCUT2D eigenvalue weighted by Crippen LogP contribution is 2.41. The van der Waals surface area contributed by atoms with Crippen molar-refractivity contribution in [2.24, 2.45) is 11.8 Å². The lowest BCUT2D eigenvalue weighted by Crippen LogP contribution is -2.44. The Morgan fingerprint density at radius 1 is 1.29 bits per heavy atom. The first-order valence-electron chi connectivity index (χ1n) is 8.37. The van der Waals surface area contributed by atoms with Crippen LogP contribution in [0.3, 0.4) is 0 Å². The summed E-state index contributed by atoms with van der Waals surface area (Å²) in [6, 6.07) is 6.57. The Labute approximate surface area is 126 Å². The van der Waals surface area contributed by atoms with Gasteiger partial charge in [-0.25, -0.2) is 4.39 Å². The molecule has 0 amide bonds. The highest BCUT2D eigenvalue weighted by atomic mass is 19.1. The zero-order valence-electron chi connectivity index (χ0n) is 12.7. The van der Waals surface area contributed by atoms with E-state index in [0.29, 0.717) is 0 Å². The molecule has 0 radical (unpaired) electrons. The van der Waals surface area contributed by atoms with Crippen LogP contribution in [-0.2, 0) is 5.60 Å². The Bertz CT molecular complexity index is 468. The minimum absolute atomic E-state index is 0.187. The van der Waals surface area contributed by atoms with Gasteiger partial charge in [0.2, 0.25) is 0 Å². The van der Waals surface area contributed by atoms with Gasteiger partial charge in [0.1, 0.15) is 5.82 Å². The fourth-order valence-electron chi connectivity index (χ4n) is 3.67. The zero-order valence-corrected chi connectivity index (χ0v) is 12.7. The quantitative estimate of drug-likeness (QED) is 0.839. The van der Waals surface area contributed by atoms with Crippen molar-refractivity contribution in [3.8, 4) is 0 Å². The molecule has 1 unspecified atom stereocenters. The maximum atomic E-state index is 13.6. The molecule has 3 rings (SSSR count). The van der Waals surface area contributed by atoms with E-state index in [4.69, 9.17) is 0 Å². The standard InChI is InChI=1S/C18H26FNO/c19-17-7-1-5-15(12-17)18(21,10-2-4-14-8-9-14)16-6-3-11-20-13-16/h1,5,7,12,14,16,20-21H,2-4,6,8-11,13H2/t16-,18?/m1/s1. The van der Waals surface area contributed by atoms with Gasteiger partial charge in [-0.1, -0.05) is 31.4 Å². The fourth-order valence-corrected chi connectivity index (χ4v) is 3.67. The van der Waals surface area contributed by atoms with Gasteiger partial charge in [-0.15, -0.1) is 0 Å². The second-order valence-electron chi connectivity index (χ2n) is 6.81. The molecule has 21 heavy (non-hydrogen) atoms. The van der Waals surface area contributed by atoms with Gasteiger partial charge in [-0.2, -0.15) is 0 Å². The highest BCUT2D eigenvalue weighted by molar-refractivity contribution is 5.24. The Morgan fingerprint density at radius 3 is 2.81 bits per heavy atom. The van der Waals surface area contributed by atoms with Crippen LogP contribution < -0.4 is 5.32 Å². The Balaban J connectivity index is 1.77. The van der Waals surface area contributed by atoms with Crippen LogP contribution in [0.25, 0.3) is 0 Å². The van der Waals surface area contributed by atoms with Crippen LogP contribution in [0.1, 0.15) is 50.5 Å². The summed E-state index contributed by atoms with van der Waals surface area (Å²) in [6.07, 6.45) is 7.80. The fraction of sp³-hybridized carbons (Fsp3) is 0.667. The molecule has 0 spiro atoms. The minimum atomic E-state index is -0.885. The summed E-state index contributed by atoms with van der Waals surface area (Å²) in [6.45, 7) is 1.86. The van der Waals surface area contributed by atoms with Crippen LogP contribution in [-0.4, -0.2) is 18.2 Å². The van der Waals surface area contributed by atoms with Gasteiger partial charge in [0.15, 0.2) is 0 Å². The molecule has 2 N–H and O–H groups in total. The monoisotopic (exact) mass is 291 g/mol. The van der Waals surface area contributed by atoms with Gasteiger partial charge in [-0.05, 0) is 55.8 Å². The second-order valence-corrected chi connectivity index (χ2v) is 6.81. The molecule has 0 bridgehead atoms. The molecular weight excluding hydrogens is 265 g/mol. The largest absolute Gasteiger partial charge is 0.385 e. The van der Waals surface area contributed by atoms with Gasteiger partial charge < -0.3 is 10.4 Å². The van der Waals surface area contributed by atoms with Crippen LogP contribution >= 0.6 is 0 Å². The van der Waals surface area contributed by atoms with E-state index in [1.165, 1.54) is 31.4 Å². The van der Waals surface area contributed by atoms with Crippen molar-refractivity contribution in [3.63, 3.8) is 0 Å². The van der Waals surface area contributed by atoms with Crippen LogP contribution in [0.5, 0.6) is 0 Å². The lowest BCUT2D eigenvalue weighted by atomic mass is 9.74. The summed E-state index contributed by atoms with van der Waals surface area (Å²) >= 11 is 0. The summed E-state index contributed by atoms with van der Waals surface area (Å²) in [5.74, 6) is 0.815. The predicted octanol–water partition coefficient (Wildman–Crippen LogP) is 3.59. The summed E-state index contributed by atoms with van der Waals surface area (Å²) in [5.41, 5.74) is -0.128. The smallest absolute Gasteiger partial charge is 0.123 e. The molecule has 1 heterocycles. The maximum absolute atomic E-state index is 13.6. The Morgan fingerprint density at radius 2 is 2.14 bits per heavy atom. The SMILES string of the molecule is OC(CCCC1CC1)(c1cccc(F)c1)[C@@H]1CCCNC1. The second kappa shape index (κ2) is 6.45. The molecular formula is C18H26FNO. The third-order valence-corrected chi connectivity index (χ3v) is 5.16. The predicted molar refractivity (Wildman–Crippen MR) is 82.5 cm³/mol. The van der Waals surface area contributed by atoms with E-state index in [1.807, 2.05) is 6.07 Å². The molecule has 2 nitrogen and oxygen atoms in total. The van der Waals surface area contributed by atoms with E-state index in [9.17, 15) is 9.50 Å². The van der Waals surface area contributed by atoms with Crippen LogP contribution in [0.2, 0.25) is 0 Å². The van der Waals surface area contributed by atoms with Gasteiger partial charge in [0.05, 0.1) is 5.60 Å². The number of benzene rings is 1. The maximum Gasteiger partial charge on any atom is 0.123 e. The van der Waals surface area contributed by atoms with E-state index in [-0.39, 0.29) is 11.7 Å². The zero-order chi connectivity index (χ0) is 14.7. The number of hydrogen-bond acceptors (Lipinski definition) is 2. The number of rotatable bonds is 6. The molecule has 2 atom stereocenters. The average Bonchev–Trinajstić information content (AvgIpc) is 3.32. The lowest BCUT2D eigenvalue weighted by molar-refractivity contribution is -0.0430.